The second-order valence-corrected chi connectivity index (χ2v) is 5.41. The van der Waals surface area contributed by atoms with Gasteiger partial charge < -0.3 is 15.5 Å². The number of benzene rings is 1. The molecule has 0 unspecified atom stereocenters. The van der Waals surface area contributed by atoms with E-state index in [0.717, 1.165) is 26.1 Å². The third kappa shape index (κ3) is 2.54. The van der Waals surface area contributed by atoms with Crippen LogP contribution in [0, 0.1) is 5.92 Å². The van der Waals surface area contributed by atoms with Gasteiger partial charge in [-0.2, -0.15) is 0 Å². The highest BCUT2D eigenvalue weighted by molar-refractivity contribution is 5.96. The Labute approximate surface area is 118 Å². The molecule has 2 saturated heterocycles. The molecule has 20 heavy (non-hydrogen) atoms. The zero-order chi connectivity index (χ0) is 13.9. The van der Waals surface area contributed by atoms with Crippen LogP contribution in [0.15, 0.2) is 30.3 Å². The Balaban J connectivity index is 1.54. The predicted octanol–water partition coefficient (Wildman–Crippen LogP) is 0.237. The normalized spacial score (nSPS) is 24.5. The van der Waals surface area contributed by atoms with Crippen LogP contribution in [0.3, 0.4) is 0 Å². The van der Waals surface area contributed by atoms with Crippen LogP contribution in [0.4, 0.5) is 0 Å². The first-order valence-corrected chi connectivity index (χ1v) is 7.09. The largest absolute Gasteiger partial charge is 0.343 e. The number of carbonyl (C=O) groups excluding carboxylic acids is 2. The highest BCUT2D eigenvalue weighted by Crippen LogP contribution is 2.26. The number of amides is 2. The van der Waals surface area contributed by atoms with E-state index >= 15 is 0 Å². The molecule has 3 rings (SSSR count). The summed E-state index contributed by atoms with van der Waals surface area (Å²) in [5.41, 5.74) is 0.585. The van der Waals surface area contributed by atoms with Crippen molar-refractivity contribution in [3.8, 4) is 0 Å². The van der Waals surface area contributed by atoms with Gasteiger partial charge in [-0.15, -0.1) is 0 Å². The minimum absolute atomic E-state index is 0.0190. The van der Waals surface area contributed by atoms with E-state index < -0.39 is 0 Å². The van der Waals surface area contributed by atoms with Gasteiger partial charge in [0.15, 0.2) is 0 Å². The molecule has 2 N–H and O–H groups in total. The fourth-order valence-corrected chi connectivity index (χ4v) is 3.11. The molecule has 2 heterocycles. The smallest absolute Gasteiger partial charge is 0.251 e. The molecule has 0 spiro atoms. The monoisotopic (exact) mass is 273 g/mol. The molecule has 2 aliphatic rings. The topological polar surface area (TPSA) is 61.4 Å². The molecule has 5 heteroatoms. The Bertz CT molecular complexity index is 503. The molecule has 0 bridgehead atoms. The van der Waals surface area contributed by atoms with E-state index in [9.17, 15) is 9.59 Å². The fraction of sp³-hybridized carbons (Fsp3) is 0.467. The predicted molar refractivity (Wildman–Crippen MR) is 75.3 cm³/mol. The molecule has 2 aliphatic heterocycles. The van der Waals surface area contributed by atoms with Crippen molar-refractivity contribution >= 4 is 11.8 Å². The molecule has 0 aliphatic carbocycles. The average Bonchev–Trinajstić information content (AvgIpc) is 3.08. The van der Waals surface area contributed by atoms with Crippen molar-refractivity contribution < 1.29 is 9.59 Å². The van der Waals surface area contributed by atoms with Crippen molar-refractivity contribution in [2.75, 3.05) is 26.2 Å². The minimum atomic E-state index is -0.195. The Morgan fingerprint density at radius 1 is 1.25 bits per heavy atom. The van der Waals surface area contributed by atoms with Gasteiger partial charge in [0.25, 0.3) is 5.91 Å². The molecule has 0 radical (unpaired) electrons. The van der Waals surface area contributed by atoms with Gasteiger partial charge in [0.1, 0.15) is 0 Å². The third-order valence-electron chi connectivity index (χ3n) is 4.20. The third-order valence-corrected chi connectivity index (χ3v) is 4.20. The van der Waals surface area contributed by atoms with Gasteiger partial charge in [0.05, 0.1) is 6.54 Å². The van der Waals surface area contributed by atoms with E-state index in [1.54, 1.807) is 12.1 Å². The maximum absolute atomic E-state index is 12.2. The van der Waals surface area contributed by atoms with Crippen molar-refractivity contribution in [2.45, 2.75) is 12.5 Å². The molecule has 2 fully saturated rings. The number of hydrogen-bond donors (Lipinski definition) is 2. The van der Waals surface area contributed by atoms with Gasteiger partial charge in [-0.05, 0) is 24.5 Å². The van der Waals surface area contributed by atoms with Gasteiger partial charge in [-0.25, -0.2) is 0 Å². The second-order valence-electron chi connectivity index (χ2n) is 5.41. The van der Waals surface area contributed by atoms with Crippen LogP contribution in [0.25, 0.3) is 0 Å². The second kappa shape index (κ2) is 5.63. The molecule has 2 atom stereocenters. The standard InChI is InChI=1S/C15H19N3O2/c19-14(18-7-6-12-8-16-9-13(12)18)10-17-15(20)11-4-2-1-3-5-11/h1-5,12-13,16H,6-10H2,(H,17,20)/t12-,13+/m0/s1. The number of carbonyl (C=O) groups is 2. The number of likely N-dealkylation sites (tertiary alicyclic amines) is 1. The summed E-state index contributed by atoms with van der Waals surface area (Å²) in [6.45, 7) is 2.78. The first kappa shape index (κ1) is 13.1. The van der Waals surface area contributed by atoms with E-state index in [4.69, 9.17) is 0 Å². The molecule has 0 aromatic heterocycles. The number of rotatable bonds is 3. The van der Waals surface area contributed by atoms with Crippen LogP contribution < -0.4 is 10.6 Å². The first-order valence-electron chi connectivity index (χ1n) is 7.09. The highest BCUT2D eigenvalue weighted by atomic mass is 16.2. The summed E-state index contributed by atoms with van der Waals surface area (Å²) in [4.78, 5) is 26.0. The fourth-order valence-electron chi connectivity index (χ4n) is 3.11. The van der Waals surface area contributed by atoms with Crippen molar-refractivity contribution in [1.82, 2.24) is 15.5 Å². The van der Waals surface area contributed by atoms with Crippen molar-refractivity contribution in [3.05, 3.63) is 35.9 Å². The van der Waals surface area contributed by atoms with Crippen LogP contribution >= 0.6 is 0 Å². The van der Waals surface area contributed by atoms with E-state index in [2.05, 4.69) is 10.6 Å². The summed E-state index contributed by atoms with van der Waals surface area (Å²) < 4.78 is 0. The molecule has 106 valence electrons. The lowest BCUT2D eigenvalue weighted by Crippen LogP contribution is -2.44. The van der Waals surface area contributed by atoms with Crippen molar-refractivity contribution in [3.63, 3.8) is 0 Å². The Morgan fingerprint density at radius 3 is 2.85 bits per heavy atom. The van der Waals surface area contributed by atoms with E-state index in [0.29, 0.717) is 17.5 Å². The number of hydrogen-bond acceptors (Lipinski definition) is 3. The molecule has 2 amide bonds. The summed E-state index contributed by atoms with van der Waals surface area (Å²) >= 11 is 0. The summed E-state index contributed by atoms with van der Waals surface area (Å²) in [7, 11) is 0. The van der Waals surface area contributed by atoms with Gasteiger partial charge in [0.2, 0.25) is 5.91 Å². The van der Waals surface area contributed by atoms with Crippen molar-refractivity contribution in [1.29, 1.82) is 0 Å². The van der Waals surface area contributed by atoms with Crippen LogP contribution in [-0.4, -0.2) is 48.9 Å². The van der Waals surface area contributed by atoms with Gasteiger partial charge in [-0.1, -0.05) is 18.2 Å². The highest BCUT2D eigenvalue weighted by Gasteiger charge is 2.39. The van der Waals surface area contributed by atoms with Crippen LogP contribution in [0.5, 0.6) is 0 Å². The zero-order valence-electron chi connectivity index (χ0n) is 11.3. The number of nitrogens with zero attached hydrogens (tertiary/aromatic N) is 1. The Morgan fingerprint density at radius 2 is 2.05 bits per heavy atom. The van der Waals surface area contributed by atoms with Crippen LogP contribution in [0.2, 0.25) is 0 Å². The number of fused-ring (bicyclic) bond motifs is 1. The van der Waals surface area contributed by atoms with Gasteiger partial charge >= 0.3 is 0 Å². The molecule has 1 aromatic carbocycles. The molecule has 1 aromatic rings. The maximum Gasteiger partial charge on any atom is 0.251 e. The SMILES string of the molecule is O=C(NCC(=O)N1CC[C@H]2CNC[C@H]21)c1ccccc1. The molecule has 5 nitrogen and oxygen atoms in total. The molecular weight excluding hydrogens is 254 g/mol. The summed E-state index contributed by atoms with van der Waals surface area (Å²) in [6, 6.07) is 9.28. The van der Waals surface area contributed by atoms with E-state index in [-0.39, 0.29) is 18.4 Å². The van der Waals surface area contributed by atoms with Crippen LogP contribution in [0.1, 0.15) is 16.8 Å². The number of nitrogens with one attached hydrogen (secondary N) is 2. The quantitative estimate of drug-likeness (QED) is 0.829. The van der Waals surface area contributed by atoms with E-state index in [1.807, 2.05) is 23.1 Å². The van der Waals surface area contributed by atoms with E-state index in [1.165, 1.54) is 0 Å². The average molecular weight is 273 g/mol. The minimum Gasteiger partial charge on any atom is -0.343 e. The van der Waals surface area contributed by atoms with Gasteiger partial charge in [0, 0.05) is 31.2 Å². The summed E-state index contributed by atoms with van der Waals surface area (Å²) in [6.07, 6.45) is 1.07. The molecule has 0 saturated carbocycles. The lowest BCUT2D eigenvalue weighted by molar-refractivity contribution is -0.130. The Kier molecular flexibility index (Phi) is 3.69. The maximum atomic E-state index is 12.2. The molecular formula is C15H19N3O2. The lowest BCUT2D eigenvalue weighted by atomic mass is 10.1. The Hall–Kier alpha value is -1.88. The summed E-state index contributed by atoms with van der Waals surface area (Å²) in [5, 5.41) is 6.02. The van der Waals surface area contributed by atoms with Crippen LogP contribution in [-0.2, 0) is 4.79 Å². The van der Waals surface area contributed by atoms with Crippen molar-refractivity contribution in [2.24, 2.45) is 5.92 Å². The summed E-state index contributed by atoms with van der Waals surface area (Å²) in [5.74, 6) is 0.411. The van der Waals surface area contributed by atoms with Gasteiger partial charge in [-0.3, -0.25) is 9.59 Å². The zero-order valence-corrected chi connectivity index (χ0v) is 11.3. The lowest BCUT2D eigenvalue weighted by Gasteiger charge is -2.23. The first-order chi connectivity index (χ1) is 9.75.